The predicted molar refractivity (Wildman–Crippen MR) is 67.5 cm³/mol. The number of hydrogen-bond donors (Lipinski definition) is 2. The average molecular weight is 263 g/mol. The Morgan fingerprint density at radius 1 is 1.38 bits per heavy atom. The highest BCUT2D eigenvalue weighted by atomic mass is 35.5. The van der Waals surface area contributed by atoms with Crippen molar-refractivity contribution in [3.05, 3.63) is 17.2 Å². The minimum atomic E-state index is 0.538. The quantitative estimate of drug-likeness (QED) is 0.606. The van der Waals surface area contributed by atoms with Gasteiger partial charge in [-0.05, 0) is 24.1 Å². The van der Waals surface area contributed by atoms with Crippen LogP contribution in [0.15, 0.2) is 17.0 Å². The maximum atomic E-state index is 6.17. The summed E-state index contributed by atoms with van der Waals surface area (Å²) in [6.07, 6.45) is 0. The van der Waals surface area contributed by atoms with Gasteiger partial charge in [-0.2, -0.15) is 0 Å². The largest absolute Gasteiger partial charge is 0.493 e. The van der Waals surface area contributed by atoms with E-state index in [9.17, 15) is 0 Å². The van der Waals surface area contributed by atoms with Crippen molar-refractivity contribution in [2.45, 2.75) is 4.90 Å². The topological polar surface area (TPSA) is 56.5 Å². The van der Waals surface area contributed by atoms with Crippen molar-refractivity contribution in [1.29, 1.82) is 0 Å². The van der Waals surface area contributed by atoms with E-state index in [4.69, 9.17) is 26.8 Å². The van der Waals surface area contributed by atoms with Crippen molar-refractivity contribution in [2.24, 2.45) is 5.73 Å². The van der Waals surface area contributed by atoms with Crippen LogP contribution >= 0.6 is 23.5 Å². The standard InChI is InChI=1S/C10H15ClN2O2S/c1-14-7-3-4-8(16-13-6-5-12)9(11)10(7)15-2/h3-4,13H,5-6,12H2,1-2H3. The van der Waals surface area contributed by atoms with Crippen molar-refractivity contribution < 1.29 is 9.47 Å². The minimum absolute atomic E-state index is 0.538. The molecule has 0 amide bonds. The molecule has 16 heavy (non-hydrogen) atoms. The first-order valence-electron chi connectivity index (χ1n) is 4.74. The molecule has 0 saturated heterocycles. The summed E-state index contributed by atoms with van der Waals surface area (Å²) in [6.45, 7) is 1.30. The predicted octanol–water partition coefficient (Wildman–Crippen LogP) is 1.91. The third kappa shape index (κ3) is 3.18. The van der Waals surface area contributed by atoms with Crippen molar-refractivity contribution in [2.75, 3.05) is 27.3 Å². The molecule has 1 aromatic carbocycles. The van der Waals surface area contributed by atoms with Crippen molar-refractivity contribution in [3.8, 4) is 11.5 Å². The van der Waals surface area contributed by atoms with E-state index in [1.165, 1.54) is 11.9 Å². The Bertz CT molecular complexity index is 350. The van der Waals surface area contributed by atoms with E-state index in [0.29, 0.717) is 23.1 Å². The first-order chi connectivity index (χ1) is 7.74. The van der Waals surface area contributed by atoms with Gasteiger partial charge in [-0.25, -0.2) is 0 Å². The molecule has 6 heteroatoms. The van der Waals surface area contributed by atoms with Crippen LogP contribution in [-0.4, -0.2) is 27.3 Å². The average Bonchev–Trinajstić information content (AvgIpc) is 2.31. The molecule has 0 fully saturated rings. The molecule has 0 spiro atoms. The smallest absolute Gasteiger partial charge is 0.180 e. The lowest BCUT2D eigenvalue weighted by molar-refractivity contribution is 0.354. The molecule has 0 aromatic heterocycles. The molecule has 1 aromatic rings. The summed E-state index contributed by atoms with van der Waals surface area (Å²) in [5.74, 6) is 1.17. The number of rotatable bonds is 6. The molecule has 0 saturated carbocycles. The van der Waals surface area contributed by atoms with Gasteiger partial charge in [0.2, 0.25) is 0 Å². The summed E-state index contributed by atoms with van der Waals surface area (Å²) in [4.78, 5) is 0.882. The lowest BCUT2D eigenvalue weighted by Crippen LogP contribution is -2.15. The Morgan fingerprint density at radius 2 is 2.12 bits per heavy atom. The van der Waals surface area contributed by atoms with Crippen LogP contribution in [0.3, 0.4) is 0 Å². The van der Waals surface area contributed by atoms with Crippen LogP contribution in [-0.2, 0) is 0 Å². The molecule has 0 unspecified atom stereocenters. The third-order valence-corrected chi connectivity index (χ3v) is 3.27. The van der Waals surface area contributed by atoms with Crippen molar-refractivity contribution in [3.63, 3.8) is 0 Å². The third-order valence-electron chi connectivity index (χ3n) is 1.88. The highest BCUT2D eigenvalue weighted by Gasteiger charge is 2.13. The normalized spacial score (nSPS) is 10.2. The molecule has 3 N–H and O–H groups in total. The highest BCUT2D eigenvalue weighted by molar-refractivity contribution is 7.97. The zero-order chi connectivity index (χ0) is 12.0. The molecule has 0 aliphatic rings. The first kappa shape index (κ1) is 13.4. The van der Waals surface area contributed by atoms with Crippen molar-refractivity contribution >= 4 is 23.5 Å². The molecule has 90 valence electrons. The zero-order valence-corrected chi connectivity index (χ0v) is 10.8. The van der Waals surface area contributed by atoms with E-state index in [2.05, 4.69) is 4.72 Å². The van der Waals surface area contributed by atoms with E-state index < -0.39 is 0 Å². The van der Waals surface area contributed by atoms with E-state index >= 15 is 0 Å². The van der Waals surface area contributed by atoms with Gasteiger partial charge < -0.3 is 15.2 Å². The number of nitrogens with two attached hydrogens (primary N) is 1. The molecule has 0 aliphatic carbocycles. The van der Waals surface area contributed by atoms with Gasteiger partial charge in [-0.3, -0.25) is 4.72 Å². The van der Waals surface area contributed by atoms with Crippen LogP contribution in [0.25, 0.3) is 0 Å². The lowest BCUT2D eigenvalue weighted by atomic mass is 10.3. The first-order valence-corrected chi connectivity index (χ1v) is 5.94. The second kappa shape index (κ2) is 6.85. The zero-order valence-electron chi connectivity index (χ0n) is 9.25. The fourth-order valence-corrected chi connectivity index (χ4v) is 2.18. The fourth-order valence-electron chi connectivity index (χ4n) is 1.14. The van der Waals surface area contributed by atoms with Gasteiger partial charge in [0.15, 0.2) is 11.5 Å². The van der Waals surface area contributed by atoms with E-state index in [1.807, 2.05) is 12.1 Å². The van der Waals surface area contributed by atoms with Crippen LogP contribution in [0.2, 0.25) is 5.02 Å². The second-order valence-electron chi connectivity index (χ2n) is 2.90. The number of methoxy groups -OCH3 is 2. The molecule has 4 nitrogen and oxygen atoms in total. The van der Waals surface area contributed by atoms with Crippen LogP contribution in [0, 0.1) is 0 Å². The monoisotopic (exact) mass is 262 g/mol. The van der Waals surface area contributed by atoms with E-state index in [0.717, 1.165) is 11.4 Å². The van der Waals surface area contributed by atoms with Crippen LogP contribution in [0.1, 0.15) is 0 Å². The Labute approximate surface area is 105 Å². The maximum absolute atomic E-state index is 6.17. The van der Waals surface area contributed by atoms with Crippen LogP contribution in [0.5, 0.6) is 11.5 Å². The molecule has 0 atom stereocenters. The maximum Gasteiger partial charge on any atom is 0.180 e. The highest BCUT2D eigenvalue weighted by Crippen LogP contribution is 2.40. The fraction of sp³-hybridized carbons (Fsp3) is 0.400. The van der Waals surface area contributed by atoms with Gasteiger partial charge in [0.25, 0.3) is 0 Å². The van der Waals surface area contributed by atoms with Crippen molar-refractivity contribution in [1.82, 2.24) is 4.72 Å². The minimum Gasteiger partial charge on any atom is -0.493 e. The number of hydrogen-bond acceptors (Lipinski definition) is 5. The second-order valence-corrected chi connectivity index (χ2v) is 4.21. The Hall–Kier alpha value is -0.620. The van der Waals surface area contributed by atoms with Gasteiger partial charge in [0.05, 0.1) is 14.2 Å². The summed E-state index contributed by atoms with van der Waals surface area (Å²) < 4.78 is 13.4. The summed E-state index contributed by atoms with van der Waals surface area (Å²) in [6, 6.07) is 3.69. The molecule has 0 heterocycles. The van der Waals surface area contributed by atoms with Gasteiger partial charge in [0.1, 0.15) is 5.02 Å². The van der Waals surface area contributed by atoms with Gasteiger partial charge in [0, 0.05) is 18.0 Å². The Morgan fingerprint density at radius 3 is 2.69 bits per heavy atom. The van der Waals surface area contributed by atoms with Gasteiger partial charge >= 0.3 is 0 Å². The van der Waals surface area contributed by atoms with Crippen LogP contribution < -0.4 is 19.9 Å². The molecular formula is C10H15ClN2O2S. The number of nitrogens with one attached hydrogen (secondary N) is 1. The summed E-state index contributed by atoms with van der Waals surface area (Å²) in [5.41, 5.74) is 5.38. The Balaban J connectivity index is 2.86. The van der Waals surface area contributed by atoms with E-state index in [1.54, 1.807) is 14.2 Å². The van der Waals surface area contributed by atoms with E-state index in [-0.39, 0.29) is 0 Å². The summed E-state index contributed by atoms with van der Waals surface area (Å²) in [7, 11) is 3.14. The van der Waals surface area contributed by atoms with Gasteiger partial charge in [-0.1, -0.05) is 11.6 Å². The summed E-state index contributed by atoms with van der Waals surface area (Å²) >= 11 is 7.60. The Kier molecular flexibility index (Phi) is 5.76. The summed E-state index contributed by atoms with van der Waals surface area (Å²) in [5, 5.41) is 0.538. The molecule has 1 rings (SSSR count). The number of ether oxygens (including phenoxy) is 2. The number of halogens is 1. The van der Waals surface area contributed by atoms with Gasteiger partial charge in [-0.15, -0.1) is 0 Å². The molecule has 0 aliphatic heterocycles. The number of benzene rings is 1. The van der Waals surface area contributed by atoms with Crippen LogP contribution in [0.4, 0.5) is 0 Å². The SMILES string of the molecule is COc1ccc(SNCCN)c(Cl)c1OC. The molecule has 0 bridgehead atoms. The molecule has 0 radical (unpaired) electrons. The molecular weight excluding hydrogens is 248 g/mol. The lowest BCUT2D eigenvalue weighted by Gasteiger charge is -2.12.